The first-order valence-electron chi connectivity index (χ1n) is 5.46. The maximum Gasteiger partial charge on any atom is 0.341 e. The largest absolute Gasteiger partial charge is 0.477 e. The predicted molar refractivity (Wildman–Crippen MR) is 76.1 cm³/mol. The van der Waals surface area contributed by atoms with Crippen LogP contribution in [0.2, 0.25) is 0 Å². The van der Waals surface area contributed by atoms with Crippen LogP contribution in [0, 0.1) is 10.1 Å². The molecule has 1 heterocycles. The number of carbonyl (C=O) groups is 1. The van der Waals surface area contributed by atoms with Crippen LogP contribution >= 0.6 is 21.7 Å². The van der Waals surface area contributed by atoms with Gasteiger partial charge in [0, 0.05) is 23.2 Å². The molecule has 0 fully saturated rings. The van der Waals surface area contributed by atoms with Crippen molar-refractivity contribution in [2.24, 2.45) is 0 Å². The molecule has 108 valence electrons. The zero-order valence-corrected chi connectivity index (χ0v) is 11.8. The molecule has 0 aliphatic heterocycles. The van der Waals surface area contributed by atoms with Crippen LogP contribution in [0.3, 0.4) is 0 Å². The third-order valence-corrected chi connectivity index (χ3v) is 3.39. The molecule has 0 bridgehead atoms. The number of nitrogens with zero attached hydrogens (tertiary/aromatic N) is 2. The Bertz CT molecular complexity index is 710. The number of nitro groups is 1. The van der Waals surface area contributed by atoms with Gasteiger partial charge in [0.1, 0.15) is 5.56 Å². The molecule has 7 nitrogen and oxygen atoms in total. The first-order chi connectivity index (χ1) is 10.0. The number of hydrogen-bond donors (Lipinski definition) is 1. The summed E-state index contributed by atoms with van der Waals surface area (Å²) in [4.78, 5) is 25.7. The van der Waals surface area contributed by atoms with E-state index in [9.17, 15) is 14.9 Å². The average molecular weight is 327 g/mol. The third-order valence-electron chi connectivity index (χ3n) is 2.43. The van der Waals surface area contributed by atoms with Gasteiger partial charge in [-0.3, -0.25) is 10.1 Å². The number of rotatable bonds is 5. The summed E-state index contributed by atoms with van der Waals surface area (Å²) in [6.45, 7) is 0. The maximum absolute atomic E-state index is 11.1. The molecule has 0 unspecified atom stereocenters. The van der Waals surface area contributed by atoms with Gasteiger partial charge in [-0.05, 0) is 39.9 Å². The van der Waals surface area contributed by atoms with Gasteiger partial charge >= 0.3 is 11.7 Å². The molecule has 0 spiro atoms. The minimum absolute atomic E-state index is 0.133. The summed E-state index contributed by atoms with van der Waals surface area (Å²) >= 11 is 0. The summed E-state index contributed by atoms with van der Waals surface area (Å²) in [7, 11) is 6.45. The van der Waals surface area contributed by atoms with E-state index in [2.05, 4.69) is 4.98 Å². The van der Waals surface area contributed by atoms with E-state index in [1.807, 2.05) is 0 Å². The topological polar surface area (TPSA) is 103 Å². The molecule has 0 saturated carbocycles. The molecule has 9 heteroatoms. The van der Waals surface area contributed by atoms with E-state index in [0.717, 1.165) is 11.0 Å². The Kier molecular flexibility index (Phi) is 4.61. The van der Waals surface area contributed by atoms with Crippen LogP contribution in [0.1, 0.15) is 10.4 Å². The van der Waals surface area contributed by atoms with E-state index in [-0.39, 0.29) is 22.9 Å². The van der Waals surface area contributed by atoms with E-state index < -0.39 is 10.9 Å². The number of carboxylic acids is 1. The number of hydrogen-bond acceptors (Lipinski definition) is 6. The van der Waals surface area contributed by atoms with Crippen molar-refractivity contribution in [2.45, 2.75) is 4.90 Å². The molecule has 1 N–H and O–H groups in total. The van der Waals surface area contributed by atoms with Gasteiger partial charge in [0.2, 0.25) is 11.6 Å². The van der Waals surface area contributed by atoms with Crippen LogP contribution in [0.4, 0.5) is 5.69 Å². The van der Waals surface area contributed by atoms with Crippen molar-refractivity contribution in [1.82, 2.24) is 4.98 Å². The summed E-state index contributed by atoms with van der Waals surface area (Å²) < 4.78 is 5.30. The number of carboxylic acid groups (broad SMARTS) is 1. The van der Waals surface area contributed by atoms with Gasteiger partial charge in [-0.15, -0.1) is 0 Å². The molecule has 1 aromatic carbocycles. The Balaban J connectivity index is 2.48. The Morgan fingerprint density at radius 2 is 2.19 bits per heavy atom. The molecule has 0 aliphatic rings. The molecule has 0 atom stereocenters. The van der Waals surface area contributed by atoms with E-state index in [1.54, 1.807) is 0 Å². The molecular formula is C12H7ClN2O5S. The van der Waals surface area contributed by atoms with Crippen molar-refractivity contribution >= 4 is 33.3 Å². The summed E-state index contributed by atoms with van der Waals surface area (Å²) in [6.07, 6.45) is 1.33. The van der Waals surface area contributed by atoms with Crippen LogP contribution in [0.25, 0.3) is 0 Å². The SMILES string of the molecule is O=C(O)c1cccnc1Oc1cc(SCl)ccc1[N+](=O)[O-]. The molecule has 2 rings (SSSR count). The van der Waals surface area contributed by atoms with Gasteiger partial charge in [0.05, 0.1) is 4.92 Å². The number of pyridine rings is 1. The van der Waals surface area contributed by atoms with Crippen LogP contribution in [0.5, 0.6) is 11.6 Å². The second-order valence-electron chi connectivity index (χ2n) is 3.73. The van der Waals surface area contributed by atoms with E-state index in [4.69, 9.17) is 20.5 Å². The fourth-order valence-electron chi connectivity index (χ4n) is 1.51. The van der Waals surface area contributed by atoms with Gasteiger partial charge in [-0.25, -0.2) is 9.78 Å². The van der Waals surface area contributed by atoms with Gasteiger partial charge in [-0.1, -0.05) is 0 Å². The van der Waals surface area contributed by atoms with Gasteiger partial charge in [0.25, 0.3) is 0 Å². The minimum atomic E-state index is -1.25. The zero-order chi connectivity index (χ0) is 15.4. The van der Waals surface area contributed by atoms with Crippen molar-refractivity contribution in [3.8, 4) is 11.6 Å². The fraction of sp³-hybridized carbons (Fsp3) is 0. The van der Waals surface area contributed by atoms with Gasteiger partial charge in [0.15, 0.2) is 0 Å². The lowest BCUT2D eigenvalue weighted by atomic mass is 10.2. The Morgan fingerprint density at radius 3 is 2.81 bits per heavy atom. The lowest BCUT2D eigenvalue weighted by Gasteiger charge is -2.08. The summed E-state index contributed by atoms with van der Waals surface area (Å²) in [5, 5.41) is 20.0. The molecule has 2 aromatic rings. The highest BCUT2D eigenvalue weighted by Crippen LogP contribution is 2.36. The second kappa shape index (κ2) is 6.42. The predicted octanol–water partition coefficient (Wildman–Crippen LogP) is 3.73. The summed E-state index contributed by atoms with van der Waals surface area (Å²) in [5.41, 5.74) is -0.512. The lowest BCUT2D eigenvalue weighted by Crippen LogP contribution is -2.02. The van der Waals surface area contributed by atoms with E-state index in [1.165, 1.54) is 36.5 Å². The maximum atomic E-state index is 11.1. The quantitative estimate of drug-likeness (QED) is 0.659. The minimum Gasteiger partial charge on any atom is -0.477 e. The number of aromatic nitrogens is 1. The van der Waals surface area contributed by atoms with E-state index >= 15 is 0 Å². The highest BCUT2D eigenvalue weighted by atomic mass is 35.7. The zero-order valence-electron chi connectivity index (χ0n) is 10.2. The summed E-state index contributed by atoms with van der Waals surface area (Å²) in [5.74, 6) is -1.61. The normalized spacial score (nSPS) is 10.1. The van der Waals surface area contributed by atoms with Crippen LogP contribution in [0.15, 0.2) is 41.4 Å². The first-order valence-corrected chi connectivity index (χ1v) is 7.10. The van der Waals surface area contributed by atoms with Crippen LogP contribution in [-0.2, 0) is 0 Å². The van der Waals surface area contributed by atoms with Crippen molar-refractivity contribution < 1.29 is 19.6 Å². The molecule has 21 heavy (non-hydrogen) atoms. The Labute approximate surface area is 127 Å². The Morgan fingerprint density at radius 1 is 1.43 bits per heavy atom. The molecular weight excluding hydrogens is 320 g/mol. The van der Waals surface area contributed by atoms with Crippen molar-refractivity contribution in [2.75, 3.05) is 0 Å². The van der Waals surface area contributed by atoms with E-state index in [0.29, 0.717) is 4.90 Å². The number of benzene rings is 1. The number of ether oxygens (including phenoxy) is 1. The molecule has 0 radical (unpaired) electrons. The van der Waals surface area contributed by atoms with Crippen LogP contribution < -0.4 is 4.74 Å². The second-order valence-corrected chi connectivity index (χ2v) is 4.82. The lowest BCUT2D eigenvalue weighted by molar-refractivity contribution is -0.385. The number of halogens is 1. The highest BCUT2D eigenvalue weighted by molar-refractivity contribution is 8.21. The van der Waals surface area contributed by atoms with Crippen LogP contribution in [-0.4, -0.2) is 21.0 Å². The third kappa shape index (κ3) is 3.41. The summed E-state index contributed by atoms with van der Waals surface area (Å²) in [6, 6.07) is 6.74. The fourth-order valence-corrected chi connectivity index (χ4v) is 2.07. The van der Waals surface area contributed by atoms with Crippen molar-refractivity contribution in [3.05, 3.63) is 52.2 Å². The van der Waals surface area contributed by atoms with Gasteiger partial charge < -0.3 is 9.84 Å². The number of nitro benzene ring substituents is 1. The van der Waals surface area contributed by atoms with Crippen molar-refractivity contribution in [1.29, 1.82) is 0 Å². The van der Waals surface area contributed by atoms with Gasteiger partial charge in [-0.2, -0.15) is 0 Å². The molecule has 0 aliphatic carbocycles. The highest BCUT2D eigenvalue weighted by Gasteiger charge is 2.20. The van der Waals surface area contributed by atoms with Crippen molar-refractivity contribution in [3.63, 3.8) is 0 Å². The standard InChI is InChI=1S/C12H7ClN2O5S/c13-21-7-3-4-9(15(18)19)10(6-7)20-11-8(12(16)17)2-1-5-14-11/h1-6H,(H,16,17). The monoisotopic (exact) mass is 326 g/mol. The molecule has 0 amide bonds. The number of aromatic carboxylic acids is 1. The first kappa shape index (κ1) is 15.1. The molecule has 1 aromatic heterocycles. The average Bonchev–Trinajstić information content (AvgIpc) is 2.47. The smallest absolute Gasteiger partial charge is 0.341 e. The Hall–Kier alpha value is -2.32. The molecule has 0 saturated heterocycles.